The highest BCUT2D eigenvalue weighted by Crippen LogP contribution is 2.32. The van der Waals surface area contributed by atoms with Crippen molar-refractivity contribution in [1.29, 1.82) is 0 Å². The van der Waals surface area contributed by atoms with Crippen LogP contribution in [0.3, 0.4) is 0 Å². The molecule has 0 radical (unpaired) electrons. The predicted molar refractivity (Wildman–Crippen MR) is 76.9 cm³/mol. The van der Waals surface area contributed by atoms with Gasteiger partial charge in [-0.3, -0.25) is 4.79 Å². The average Bonchev–Trinajstić information content (AvgIpc) is 2.66. The van der Waals surface area contributed by atoms with Gasteiger partial charge in [0, 0.05) is 10.8 Å². The molecule has 0 aliphatic heterocycles. The first-order valence-electron chi connectivity index (χ1n) is 6.19. The Bertz CT molecular complexity index is 584. The van der Waals surface area contributed by atoms with Crippen LogP contribution in [0.15, 0.2) is 24.3 Å². The first kappa shape index (κ1) is 13.7. The van der Waals surface area contributed by atoms with Gasteiger partial charge in [-0.1, -0.05) is 29.8 Å². The summed E-state index contributed by atoms with van der Waals surface area (Å²) in [4.78, 5) is 16.8. The summed E-state index contributed by atoms with van der Waals surface area (Å²) in [6.07, 6.45) is 0.0792. The minimum Gasteiger partial charge on any atom is -0.481 e. The maximum absolute atomic E-state index is 11.1. The van der Waals surface area contributed by atoms with E-state index in [-0.39, 0.29) is 12.3 Å². The fourth-order valence-corrected chi connectivity index (χ4v) is 3.11. The van der Waals surface area contributed by atoms with Crippen LogP contribution in [0.5, 0.6) is 0 Å². The van der Waals surface area contributed by atoms with Crippen molar-refractivity contribution < 1.29 is 9.90 Å². The molecule has 100 valence electrons. The fourth-order valence-electron chi connectivity index (χ4n) is 2.06. The Morgan fingerprint density at radius 3 is 2.63 bits per heavy atom. The SMILES string of the molecule is Cc1cccc(C(CC(=O)O)c2nc(C)c(C)s2)c1. The zero-order chi connectivity index (χ0) is 14.0. The van der Waals surface area contributed by atoms with E-state index >= 15 is 0 Å². The van der Waals surface area contributed by atoms with Crippen LogP contribution in [0.25, 0.3) is 0 Å². The number of aliphatic carboxylic acids is 1. The van der Waals surface area contributed by atoms with E-state index in [0.29, 0.717) is 0 Å². The lowest BCUT2D eigenvalue weighted by Gasteiger charge is -2.13. The molecule has 0 amide bonds. The summed E-state index contributed by atoms with van der Waals surface area (Å²) in [6, 6.07) is 8.00. The van der Waals surface area contributed by atoms with Crippen molar-refractivity contribution >= 4 is 17.3 Å². The predicted octanol–water partition coefficient (Wildman–Crippen LogP) is 3.67. The summed E-state index contributed by atoms with van der Waals surface area (Å²) in [7, 11) is 0. The van der Waals surface area contributed by atoms with Gasteiger partial charge in [-0.05, 0) is 26.3 Å². The summed E-state index contributed by atoms with van der Waals surface area (Å²) >= 11 is 1.59. The highest BCUT2D eigenvalue weighted by molar-refractivity contribution is 7.11. The standard InChI is InChI=1S/C15H17NO2S/c1-9-5-4-6-12(7-9)13(8-14(17)18)15-16-10(2)11(3)19-15/h4-7,13H,8H2,1-3H3,(H,17,18). The lowest BCUT2D eigenvalue weighted by molar-refractivity contribution is -0.137. The van der Waals surface area contributed by atoms with Crippen molar-refractivity contribution in [3.8, 4) is 0 Å². The van der Waals surface area contributed by atoms with Crippen molar-refractivity contribution in [2.45, 2.75) is 33.1 Å². The van der Waals surface area contributed by atoms with Gasteiger partial charge in [-0.2, -0.15) is 0 Å². The maximum atomic E-state index is 11.1. The van der Waals surface area contributed by atoms with Crippen molar-refractivity contribution in [3.05, 3.63) is 51.0 Å². The zero-order valence-electron chi connectivity index (χ0n) is 11.3. The van der Waals surface area contributed by atoms with Crippen molar-refractivity contribution in [3.63, 3.8) is 0 Å². The number of aryl methyl sites for hydroxylation is 3. The number of carboxylic acid groups (broad SMARTS) is 1. The number of benzene rings is 1. The Labute approximate surface area is 116 Å². The quantitative estimate of drug-likeness (QED) is 0.926. The lowest BCUT2D eigenvalue weighted by Crippen LogP contribution is -2.08. The molecule has 2 aromatic rings. The average molecular weight is 275 g/mol. The van der Waals surface area contributed by atoms with E-state index in [0.717, 1.165) is 26.7 Å². The number of carboxylic acids is 1. The van der Waals surface area contributed by atoms with Gasteiger partial charge < -0.3 is 5.11 Å². The number of aromatic nitrogens is 1. The molecule has 0 aliphatic carbocycles. The normalized spacial score (nSPS) is 12.4. The summed E-state index contributed by atoms with van der Waals surface area (Å²) in [5.74, 6) is -0.952. The van der Waals surface area contributed by atoms with Crippen LogP contribution in [0.1, 0.15) is 39.0 Å². The van der Waals surface area contributed by atoms with E-state index in [4.69, 9.17) is 5.11 Å². The summed E-state index contributed by atoms with van der Waals surface area (Å²) in [5, 5.41) is 10.0. The lowest BCUT2D eigenvalue weighted by atomic mass is 9.95. The molecule has 0 bridgehead atoms. The third-order valence-electron chi connectivity index (χ3n) is 3.17. The molecule has 1 aromatic heterocycles. The summed E-state index contributed by atoms with van der Waals surface area (Å²) in [5.41, 5.74) is 3.15. The topological polar surface area (TPSA) is 50.2 Å². The van der Waals surface area contributed by atoms with Gasteiger partial charge in [-0.15, -0.1) is 11.3 Å². The second-order valence-corrected chi connectivity index (χ2v) is 5.99. The number of nitrogens with zero attached hydrogens (tertiary/aromatic N) is 1. The Hall–Kier alpha value is -1.68. The molecule has 1 heterocycles. The Morgan fingerprint density at radius 2 is 2.11 bits per heavy atom. The number of hydrogen-bond acceptors (Lipinski definition) is 3. The summed E-state index contributed by atoms with van der Waals surface area (Å²) in [6.45, 7) is 5.99. The molecular weight excluding hydrogens is 258 g/mol. The van der Waals surface area contributed by atoms with E-state index in [1.165, 1.54) is 0 Å². The largest absolute Gasteiger partial charge is 0.481 e. The molecule has 1 aromatic carbocycles. The van der Waals surface area contributed by atoms with Crippen LogP contribution < -0.4 is 0 Å². The molecule has 1 unspecified atom stereocenters. The maximum Gasteiger partial charge on any atom is 0.304 e. The number of rotatable bonds is 4. The first-order chi connectivity index (χ1) is 8.97. The Balaban J connectivity index is 2.43. The van der Waals surface area contributed by atoms with Gasteiger partial charge in [0.15, 0.2) is 0 Å². The molecule has 3 nitrogen and oxygen atoms in total. The van der Waals surface area contributed by atoms with Gasteiger partial charge in [-0.25, -0.2) is 4.98 Å². The number of thiazole rings is 1. The van der Waals surface area contributed by atoms with Crippen LogP contribution >= 0.6 is 11.3 Å². The minimum atomic E-state index is -0.794. The molecule has 0 aliphatic rings. The Morgan fingerprint density at radius 1 is 1.37 bits per heavy atom. The second-order valence-electron chi connectivity index (χ2n) is 4.76. The van der Waals surface area contributed by atoms with Crippen molar-refractivity contribution in [1.82, 2.24) is 4.98 Å². The first-order valence-corrected chi connectivity index (χ1v) is 7.01. The van der Waals surface area contributed by atoms with Crippen molar-refractivity contribution in [2.75, 3.05) is 0 Å². The third kappa shape index (κ3) is 3.20. The smallest absolute Gasteiger partial charge is 0.304 e. The minimum absolute atomic E-state index is 0.0792. The van der Waals surface area contributed by atoms with Gasteiger partial charge in [0.2, 0.25) is 0 Å². The van der Waals surface area contributed by atoms with E-state index in [1.54, 1.807) is 11.3 Å². The zero-order valence-corrected chi connectivity index (χ0v) is 12.1. The van der Waals surface area contributed by atoms with Gasteiger partial charge >= 0.3 is 5.97 Å². The Kier molecular flexibility index (Phi) is 4.00. The van der Waals surface area contributed by atoms with Gasteiger partial charge in [0.05, 0.1) is 12.1 Å². The van der Waals surface area contributed by atoms with E-state index in [2.05, 4.69) is 4.98 Å². The van der Waals surface area contributed by atoms with E-state index in [9.17, 15) is 4.79 Å². The van der Waals surface area contributed by atoms with Crippen LogP contribution in [0.2, 0.25) is 0 Å². The second kappa shape index (κ2) is 5.53. The van der Waals surface area contributed by atoms with E-state index < -0.39 is 5.97 Å². The monoisotopic (exact) mass is 275 g/mol. The molecule has 1 N–H and O–H groups in total. The van der Waals surface area contributed by atoms with Crippen molar-refractivity contribution in [2.24, 2.45) is 0 Å². The van der Waals surface area contributed by atoms with Crippen LogP contribution in [0, 0.1) is 20.8 Å². The van der Waals surface area contributed by atoms with Gasteiger partial charge in [0.1, 0.15) is 5.01 Å². The molecular formula is C15H17NO2S. The molecule has 0 saturated carbocycles. The number of carbonyl (C=O) groups is 1. The molecule has 4 heteroatoms. The number of hydrogen-bond donors (Lipinski definition) is 1. The molecule has 2 rings (SSSR count). The van der Waals surface area contributed by atoms with Crippen LogP contribution in [0.4, 0.5) is 0 Å². The molecule has 1 atom stereocenters. The highest BCUT2D eigenvalue weighted by atomic mass is 32.1. The van der Waals surface area contributed by atoms with Crippen LogP contribution in [-0.2, 0) is 4.79 Å². The molecule has 0 fully saturated rings. The van der Waals surface area contributed by atoms with Gasteiger partial charge in [0.25, 0.3) is 0 Å². The molecule has 0 saturated heterocycles. The molecule has 19 heavy (non-hydrogen) atoms. The van der Waals surface area contributed by atoms with E-state index in [1.807, 2.05) is 45.0 Å². The molecule has 0 spiro atoms. The highest BCUT2D eigenvalue weighted by Gasteiger charge is 2.21. The third-order valence-corrected chi connectivity index (χ3v) is 4.35. The fraction of sp³-hybridized carbons (Fsp3) is 0.333. The summed E-state index contributed by atoms with van der Waals surface area (Å²) < 4.78 is 0. The van der Waals surface area contributed by atoms with Crippen LogP contribution in [-0.4, -0.2) is 16.1 Å².